The van der Waals surface area contributed by atoms with Gasteiger partial charge in [0.1, 0.15) is 5.58 Å². The lowest BCUT2D eigenvalue weighted by molar-refractivity contribution is 0.660. The lowest BCUT2D eigenvalue weighted by Gasteiger charge is -2.31. The molecule has 3 nitrogen and oxygen atoms in total. The van der Waals surface area contributed by atoms with Crippen molar-refractivity contribution in [2.75, 3.05) is 9.80 Å². The van der Waals surface area contributed by atoms with Crippen molar-refractivity contribution in [2.24, 2.45) is 0 Å². The van der Waals surface area contributed by atoms with E-state index in [4.69, 9.17) is 4.42 Å². The fourth-order valence-electron chi connectivity index (χ4n) is 11.1. The topological polar surface area (TPSA) is 19.6 Å². The zero-order valence-electron chi connectivity index (χ0n) is 39.1. The largest absolute Gasteiger partial charge is 0.454 e. The number of para-hydroxylation sites is 4. The average Bonchev–Trinajstić information content (AvgIpc) is 3.91. The number of hydrogen-bond donors (Lipinski definition) is 0. The first-order chi connectivity index (χ1) is 34.5. The van der Waals surface area contributed by atoms with Crippen LogP contribution in [0.1, 0.15) is 25.0 Å². The highest BCUT2D eigenvalue weighted by atomic mass is 16.3. The van der Waals surface area contributed by atoms with Gasteiger partial charge in [0, 0.05) is 44.6 Å². The molecular weight excluding hydrogens is 849 g/mol. The molecule has 0 aliphatic heterocycles. The number of furan rings is 1. The third kappa shape index (κ3) is 6.89. The molecule has 0 saturated carbocycles. The summed E-state index contributed by atoms with van der Waals surface area (Å²) in [5.74, 6) is 0. The fourth-order valence-corrected chi connectivity index (χ4v) is 11.1. The van der Waals surface area contributed by atoms with E-state index < -0.39 is 0 Å². The lowest BCUT2D eigenvalue weighted by atomic mass is 9.82. The molecule has 0 amide bonds. The Hall–Kier alpha value is -8.92. The molecular formula is C67H48N2O. The summed E-state index contributed by atoms with van der Waals surface area (Å²) in [6.07, 6.45) is 0. The molecule has 1 aliphatic rings. The molecule has 0 spiro atoms. The minimum absolute atomic E-state index is 0.198. The number of fused-ring (bicyclic) bond motifs is 7. The summed E-state index contributed by atoms with van der Waals surface area (Å²) >= 11 is 0. The number of hydrogen-bond acceptors (Lipinski definition) is 3. The van der Waals surface area contributed by atoms with Crippen molar-refractivity contribution in [3.63, 3.8) is 0 Å². The molecule has 0 saturated heterocycles. The summed E-state index contributed by atoms with van der Waals surface area (Å²) < 4.78 is 6.89. The number of anilines is 6. The quantitative estimate of drug-likeness (QED) is 0.144. The third-order valence-corrected chi connectivity index (χ3v) is 14.4. The molecule has 1 aliphatic carbocycles. The van der Waals surface area contributed by atoms with Gasteiger partial charge in [0.2, 0.25) is 0 Å². The Kier molecular flexibility index (Phi) is 9.85. The van der Waals surface area contributed by atoms with Crippen molar-refractivity contribution in [1.82, 2.24) is 0 Å². The van der Waals surface area contributed by atoms with Gasteiger partial charge in [-0.15, -0.1) is 0 Å². The molecule has 0 fully saturated rings. The monoisotopic (exact) mass is 896 g/mol. The molecule has 332 valence electrons. The Bertz CT molecular complexity index is 3870. The maximum absolute atomic E-state index is 6.89. The second-order valence-electron chi connectivity index (χ2n) is 18.9. The number of nitrogens with zero attached hydrogens (tertiary/aromatic N) is 2. The molecule has 13 rings (SSSR count). The van der Waals surface area contributed by atoms with Crippen LogP contribution in [0.15, 0.2) is 259 Å². The highest BCUT2D eigenvalue weighted by molar-refractivity contribution is 6.11. The van der Waals surface area contributed by atoms with Crippen LogP contribution in [0.5, 0.6) is 0 Å². The Morgan fingerprint density at radius 2 is 0.914 bits per heavy atom. The van der Waals surface area contributed by atoms with Gasteiger partial charge in [-0.05, 0) is 133 Å². The van der Waals surface area contributed by atoms with Crippen LogP contribution in [0.4, 0.5) is 34.1 Å². The van der Waals surface area contributed by atoms with Crippen LogP contribution in [-0.2, 0) is 5.41 Å². The first-order valence-electron chi connectivity index (χ1n) is 24.2. The fraction of sp³-hybridized carbons (Fsp3) is 0.0448. The van der Waals surface area contributed by atoms with Gasteiger partial charge in [-0.2, -0.15) is 0 Å². The van der Waals surface area contributed by atoms with Gasteiger partial charge < -0.3 is 14.2 Å². The van der Waals surface area contributed by atoms with Gasteiger partial charge in [0.05, 0.1) is 5.69 Å². The number of benzene rings is 11. The van der Waals surface area contributed by atoms with Gasteiger partial charge >= 0.3 is 0 Å². The van der Waals surface area contributed by atoms with Crippen molar-refractivity contribution in [1.29, 1.82) is 0 Å². The molecule has 0 atom stereocenters. The lowest BCUT2D eigenvalue weighted by Crippen LogP contribution is -2.17. The van der Waals surface area contributed by atoms with Crippen LogP contribution in [0, 0.1) is 0 Å². The molecule has 12 aromatic rings. The summed E-state index contributed by atoms with van der Waals surface area (Å²) in [7, 11) is 0. The standard InChI is InChI=1S/C67H48N2O/c1-67(2)61-30-16-14-27-57(61)58-40-38-52(44-62(58)67)69(63-31-18-29-60-59-28-15-17-32-64(59)70-66(60)63)54-42-49(41-53(43-54)68(50-22-8-4-9-23-50)51-24-10-5-11-25-51)45-33-35-47(36-34-45)56-39-37-46-19-12-13-26-55(46)65(56)48-20-6-3-7-21-48/h3-44H,1-2H3. The molecule has 70 heavy (non-hydrogen) atoms. The number of rotatable bonds is 9. The molecule has 0 unspecified atom stereocenters. The summed E-state index contributed by atoms with van der Waals surface area (Å²) in [5, 5.41) is 4.65. The molecule has 0 N–H and O–H groups in total. The van der Waals surface area contributed by atoms with Crippen molar-refractivity contribution in [2.45, 2.75) is 19.3 Å². The third-order valence-electron chi connectivity index (χ3n) is 14.4. The summed E-state index contributed by atoms with van der Waals surface area (Å²) in [5.41, 5.74) is 20.0. The van der Waals surface area contributed by atoms with Crippen LogP contribution in [0.3, 0.4) is 0 Å². The molecule has 1 aromatic heterocycles. The maximum atomic E-state index is 6.89. The van der Waals surface area contributed by atoms with E-state index in [-0.39, 0.29) is 5.41 Å². The van der Waals surface area contributed by atoms with Crippen LogP contribution in [0.25, 0.3) is 77.2 Å². The van der Waals surface area contributed by atoms with Crippen molar-refractivity contribution in [3.8, 4) is 44.5 Å². The highest BCUT2D eigenvalue weighted by Gasteiger charge is 2.36. The molecule has 0 radical (unpaired) electrons. The van der Waals surface area contributed by atoms with Crippen LogP contribution < -0.4 is 9.80 Å². The van der Waals surface area contributed by atoms with Gasteiger partial charge in [0.15, 0.2) is 5.58 Å². The van der Waals surface area contributed by atoms with E-state index in [1.807, 2.05) is 6.07 Å². The normalized spacial score (nSPS) is 12.5. The first-order valence-corrected chi connectivity index (χ1v) is 24.2. The molecule has 3 heteroatoms. The summed E-state index contributed by atoms with van der Waals surface area (Å²) in [4.78, 5) is 4.78. The van der Waals surface area contributed by atoms with Gasteiger partial charge in [-0.25, -0.2) is 0 Å². The van der Waals surface area contributed by atoms with Gasteiger partial charge in [-0.1, -0.05) is 202 Å². The molecule has 0 bridgehead atoms. The van der Waals surface area contributed by atoms with Gasteiger partial charge in [0.25, 0.3) is 0 Å². The second kappa shape index (κ2) is 16.7. The Morgan fingerprint density at radius 3 is 1.67 bits per heavy atom. The van der Waals surface area contributed by atoms with E-state index in [0.717, 1.165) is 67.2 Å². The first kappa shape index (κ1) is 41.3. The van der Waals surface area contributed by atoms with Crippen molar-refractivity contribution >= 4 is 66.8 Å². The van der Waals surface area contributed by atoms with E-state index in [1.165, 1.54) is 55.3 Å². The van der Waals surface area contributed by atoms with E-state index in [0.29, 0.717) is 0 Å². The Balaban J connectivity index is 1.05. The van der Waals surface area contributed by atoms with Crippen LogP contribution in [0.2, 0.25) is 0 Å². The van der Waals surface area contributed by atoms with E-state index in [1.54, 1.807) is 0 Å². The van der Waals surface area contributed by atoms with Crippen LogP contribution in [-0.4, -0.2) is 0 Å². The minimum Gasteiger partial charge on any atom is -0.454 e. The smallest absolute Gasteiger partial charge is 0.159 e. The highest BCUT2D eigenvalue weighted by Crippen LogP contribution is 2.52. The predicted octanol–water partition coefficient (Wildman–Crippen LogP) is 19.0. The zero-order valence-corrected chi connectivity index (χ0v) is 39.1. The Labute approximate surface area is 408 Å². The molecule has 11 aromatic carbocycles. The zero-order chi connectivity index (χ0) is 46.8. The van der Waals surface area contributed by atoms with Gasteiger partial charge in [-0.3, -0.25) is 0 Å². The van der Waals surface area contributed by atoms with Crippen molar-refractivity contribution in [3.05, 3.63) is 266 Å². The van der Waals surface area contributed by atoms with E-state index in [2.05, 4.69) is 272 Å². The second-order valence-corrected chi connectivity index (χ2v) is 18.9. The minimum atomic E-state index is -0.198. The van der Waals surface area contributed by atoms with E-state index in [9.17, 15) is 0 Å². The SMILES string of the molecule is CC1(C)c2ccccc2-c2ccc(N(c3cc(-c4ccc(-c5ccc6ccccc6c5-c5ccccc5)cc4)cc(N(c4ccccc4)c4ccccc4)c3)c3cccc4c3oc3ccccc34)cc21. The summed E-state index contributed by atoms with van der Waals surface area (Å²) in [6, 6.07) is 92.4. The van der Waals surface area contributed by atoms with Crippen molar-refractivity contribution < 1.29 is 4.42 Å². The summed E-state index contributed by atoms with van der Waals surface area (Å²) in [6.45, 7) is 4.71. The average molecular weight is 897 g/mol. The Morgan fingerprint density at radius 1 is 0.329 bits per heavy atom. The maximum Gasteiger partial charge on any atom is 0.159 e. The van der Waals surface area contributed by atoms with Crippen LogP contribution >= 0.6 is 0 Å². The molecule has 1 heterocycles. The predicted molar refractivity (Wildman–Crippen MR) is 294 cm³/mol. The van der Waals surface area contributed by atoms with E-state index >= 15 is 0 Å².